The number of aromatic amines is 2. The van der Waals surface area contributed by atoms with Crippen LogP contribution in [-0.4, -0.2) is 50.6 Å². The number of nitriles is 1. The maximum Gasteiger partial charge on any atom is 0.427 e. The van der Waals surface area contributed by atoms with Gasteiger partial charge in [0.05, 0.1) is 6.54 Å². The number of rotatable bonds is 4. The minimum Gasteiger partial charge on any atom is -0.355 e. The molecule has 1 fully saturated rings. The van der Waals surface area contributed by atoms with Gasteiger partial charge < -0.3 is 15.2 Å². The van der Waals surface area contributed by atoms with Gasteiger partial charge >= 0.3 is 11.7 Å². The largest absolute Gasteiger partial charge is 0.427 e. The van der Waals surface area contributed by atoms with Crippen LogP contribution in [0.4, 0.5) is 22.0 Å². The lowest BCUT2D eigenvalue weighted by atomic mass is 9.93. The number of carbonyl (C=O) groups is 1. The molecule has 0 radical (unpaired) electrons. The van der Waals surface area contributed by atoms with Crippen molar-refractivity contribution in [1.29, 1.82) is 5.26 Å². The summed E-state index contributed by atoms with van der Waals surface area (Å²) >= 11 is 0. The van der Waals surface area contributed by atoms with Crippen molar-refractivity contribution in [3.8, 4) is 6.07 Å². The maximum absolute atomic E-state index is 13.7. The van der Waals surface area contributed by atoms with Crippen molar-refractivity contribution in [2.24, 2.45) is 5.92 Å². The number of nitrogens with zero attached hydrogens (tertiary/aromatic N) is 6. The van der Waals surface area contributed by atoms with Gasteiger partial charge in [-0.2, -0.15) is 9.74 Å². The normalized spacial score (nSPS) is 20.1. The van der Waals surface area contributed by atoms with Gasteiger partial charge in [-0.15, -0.1) is 0 Å². The third kappa shape index (κ3) is 3.50. The van der Waals surface area contributed by atoms with Gasteiger partial charge in [0.2, 0.25) is 0 Å². The number of para-hydroxylation sites is 1. The van der Waals surface area contributed by atoms with Crippen molar-refractivity contribution in [2.75, 3.05) is 24.5 Å². The highest BCUT2D eigenvalue weighted by Crippen LogP contribution is 2.42. The predicted octanol–water partition coefficient (Wildman–Crippen LogP) is 2.69. The monoisotopic (exact) mass is 482 g/mol. The van der Waals surface area contributed by atoms with Gasteiger partial charge in [0.25, 0.3) is 0 Å². The number of H-pyrrole nitrogens is 2. The quantitative estimate of drug-likeness (QED) is 0.379. The molecule has 180 valence electrons. The third-order valence-electron chi connectivity index (χ3n) is 7.22. The average Bonchev–Trinajstić information content (AvgIpc) is 3.31. The topological polar surface area (TPSA) is 143 Å². The summed E-state index contributed by atoms with van der Waals surface area (Å²) in [4.78, 5) is 45.8. The van der Waals surface area contributed by atoms with E-state index in [4.69, 9.17) is 0 Å². The minimum absolute atomic E-state index is 0.000915. The van der Waals surface area contributed by atoms with Crippen LogP contribution in [0.1, 0.15) is 24.1 Å². The number of nitrogens with one attached hydrogen (secondary N) is 3. The lowest BCUT2D eigenvalue weighted by Crippen LogP contribution is -2.60. The number of anilines is 1. The zero-order valence-corrected chi connectivity index (χ0v) is 19.4. The summed E-state index contributed by atoms with van der Waals surface area (Å²) in [6.45, 7) is 2.49. The second-order valence-corrected chi connectivity index (χ2v) is 9.22. The molecule has 1 saturated heterocycles. The molecule has 6 rings (SSSR count). The fraction of sp³-hybridized carbons (Fsp3) is 0.280. The highest BCUT2D eigenvalue weighted by atomic mass is 16.2. The van der Waals surface area contributed by atoms with E-state index in [0.717, 1.165) is 42.9 Å². The molecule has 0 bridgehead atoms. The number of quaternary nitrogens is 1. The number of hydrogen-bond donors (Lipinski definition) is 3. The van der Waals surface area contributed by atoms with E-state index < -0.39 is 0 Å². The average molecular weight is 483 g/mol. The summed E-state index contributed by atoms with van der Waals surface area (Å²) in [7, 11) is 0. The third-order valence-corrected chi connectivity index (χ3v) is 7.22. The van der Waals surface area contributed by atoms with Gasteiger partial charge in [0, 0.05) is 49.0 Å². The lowest BCUT2D eigenvalue weighted by Gasteiger charge is -2.42. The number of amides is 2. The number of carbonyl (C=O) groups excluding carboxylic acids is 1. The number of urea groups is 1. The molecule has 2 aliphatic heterocycles. The molecule has 1 unspecified atom stereocenters. The molecule has 36 heavy (non-hydrogen) atoms. The molecule has 2 aliphatic rings. The Kier molecular flexibility index (Phi) is 5.23. The molecule has 0 saturated carbocycles. The fourth-order valence-electron chi connectivity index (χ4n) is 5.50. The van der Waals surface area contributed by atoms with Crippen molar-refractivity contribution in [3.63, 3.8) is 0 Å². The van der Waals surface area contributed by atoms with Gasteiger partial charge in [0.15, 0.2) is 22.8 Å². The number of hydrogen-bond acceptors (Lipinski definition) is 7. The highest BCUT2D eigenvalue weighted by Gasteiger charge is 2.48. The predicted molar refractivity (Wildman–Crippen MR) is 133 cm³/mol. The molecule has 0 aliphatic carbocycles. The maximum atomic E-state index is 13.7. The molecular weight excluding hydrogens is 458 g/mol. The van der Waals surface area contributed by atoms with E-state index in [0.29, 0.717) is 30.1 Å². The summed E-state index contributed by atoms with van der Waals surface area (Å²) in [6.07, 6.45) is 4.73. The zero-order chi connectivity index (χ0) is 24.7. The van der Waals surface area contributed by atoms with Crippen LogP contribution in [0, 0.1) is 17.2 Å². The molecule has 2 amide bonds. The lowest BCUT2D eigenvalue weighted by molar-refractivity contribution is 0.201. The van der Waals surface area contributed by atoms with Crippen LogP contribution >= 0.6 is 0 Å². The summed E-state index contributed by atoms with van der Waals surface area (Å²) in [6, 6.07) is 13.5. The van der Waals surface area contributed by atoms with Gasteiger partial charge in [-0.3, -0.25) is 4.98 Å². The molecule has 1 aromatic carbocycles. The number of fused-ring (bicyclic) bond motifs is 2. The van der Waals surface area contributed by atoms with E-state index in [1.807, 2.05) is 30.3 Å². The van der Waals surface area contributed by atoms with Crippen LogP contribution < -0.4 is 20.4 Å². The van der Waals surface area contributed by atoms with E-state index in [-0.39, 0.29) is 27.8 Å². The molecule has 3 aromatic heterocycles. The molecule has 3 N–H and O–H groups in total. The molecule has 1 atom stereocenters. The van der Waals surface area contributed by atoms with Crippen molar-refractivity contribution in [3.05, 3.63) is 70.7 Å². The molecule has 0 spiro atoms. The highest BCUT2D eigenvalue weighted by molar-refractivity contribution is 5.96. The number of pyridine rings is 1. The van der Waals surface area contributed by atoms with E-state index in [1.54, 1.807) is 12.3 Å². The second-order valence-electron chi connectivity index (χ2n) is 9.22. The number of benzene rings is 1. The first-order chi connectivity index (χ1) is 17.6. The van der Waals surface area contributed by atoms with Crippen LogP contribution in [0.15, 0.2) is 53.7 Å². The van der Waals surface area contributed by atoms with E-state index in [9.17, 15) is 14.9 Å². The summed E-state index contributed by atoms with van der Waals surface area (Å²) < 4.78 is 0.000915. The Bertz CT molecular complexity index is 1560. The molecule has 5 heterocycles. The molecular formula is C25H24N9O2+. The second kappa shape index (κ2) is 8.58. The Morgan fingerprint density at radius 2 is 1.92 bits per heavy atom. The number of aromatic nitrogens is 5. The minimum atomic E-state index is -0.308. The summed E-state index contributed by atoms with van der Waals surface area (Å²) in [5, 5.41) is 12.6. The SMILES string of the molecule is N#Cc1cc([N+]2(CC3CCN(c4ncnc5[nH]c(=O)[nH]c45)CC3)C(=O)NCc3ccccc32)ccn1. The van der Waals surface area contributed by atoms with Gasteiger partial charge in [-0.1, -0.05) is 18.2 Å². The van der Waals surface area contributed by atoms with Gasteiger partial charge in [-0.05, 0) is 12.8 Å². The van der Waals surface area contributed by atoms with Crippen molar-refractivity contribution in [2.45, 2.75) is 19.4 Å². The summed E-state index contributed by atoms with van der Waals surface area (Å²) in [5.41, 5.74) is 3.79. The first kappa shape index (κ1) is 21.9. The van der Waals surface area contributed by atoms with Crippen LogP contribution in [0.3, 0.4) is 0 Å². The van der Waals surface area contributed by atoms with E-state index in [2.05, 4.69) is 41.2 Å². The van der Waals surface area contributed by atoms with E-state index in [1.165, 1.54) is 6.33 Å². The fourth-order valence-corrected chi connectivity index (χ4v) is 5.50. The Labute approximate surface area is 206 Å². The first-order valence-corrected chi connectivity index (χ1v) is 11.9. The van der Waals surface area contributed by atoms with E-state index >= 15 is 0 Å². The molecule has 11 heteroatoms. The van der Waals surface area contributed by atoms with Gasteiger partial charge in [-0.25, -0.2) is 24.5 Å². The standard InChI is InChI=1S/C25H23N9O2/c26-12-18-11-19(5-8-27-18)34(20-4-2-1-3-17(20)13-28-25(34)36)14-16-6-9-33(10-7-16)23-21-22(29-15-30-23)32-24(35)31-21/h1-5,8,11,15-16H,6-7,9-10,13-14H2,(H2-,28,29,30,31,32,35,36)/p+1. The molecule has 4 aromatic rings. The van der Waals surface area contributed by atoms with Crippen LogP contribution in [0.5, 0.6) is 0 Å². The Morgan fingerprint density at radius 1 is 1.08 bits per heavy atom. The molecule has 11 nitrogen and oxygen atoms in total. The van der Waals surface area contributed by atoms with Crippen molar-refractivity contribution < 1.29 is 4.79 Å². The Hall–Kier alpha value is -4.56. The smallest absolute Gasteiger partial charge is 0.355 e. The van der Waals surface area contributed by atoms with Crippen LogP contribution in [0.2, 0.25) is 0 Å². The van der Waals surface area contributed by atoms with Crippen LogP contribution in [0.25, 0.3) is 11.2 Å². The van der Waals surface area contributed by atoms with Crippen molar-refractivity contribution in [1.82, 2.24) is 34.7 Å². The number of piperidine rings is 1. The van der Waals surface area contributed by atoms with Crippen molar-refractivity contribution >= 4 is 34.4 Å². The van der Waals surface area contributed by atoms with Gasteiger partial charge in [0.1, 0.15) is 30.2 Å². The Morgan fingerprint density at radius 3 is 2.75 bits per heavy atom. The van der Waals surface area contributed by atoms with Crippen LogP contribution in [-0.2, 0) is 6.54 Å². The zero-order valence-electron chi connectivity index (χ0n) is 19.4. The summed E-state index contributed by atoms with van der Waals surface area (Å²) in [5.74, 6) is 0.939. The Balaban J connectivity index is 1.33. The first-order valence-electron chi connectivity index (χ1n) is 11.9. The number of imidazole rings is 1.